The van der Waals surface area contributed by atoms with Gasteiger partial charge in [-0.1, -0.05) is 59.1 Å². The zero-order valence-corrected chi connectivity index (χ0v) is 14.6. The Morgan fingerprint density at radius 3 is 2.75 bits per heavy atom. The molecule has 122 valence electrons. The van der Waals surface area contributed by atoms with Crippen LogP contribution in [-0.2, 0) is 0 Å². The van der Waals surface area contributed by atoms with Crippen LogP contribution >= 0.6 is 23.2 Å². The van der Waals surface area contributed by atoms with Crippen LogP contribution in [0.2, 0.25) is 10.0 Å². The van der Waals surface area contributed by atoms with Crippen molar-refractivity contribution in [2.45, 2.75) is 25.4 Å². The molecule has 3 aromatic rings. The van der Waals surface area contributed by atoms with Crippen molar-refractivity contribution < 1.29 is 0 Å². The topological polar surface area (TPSA) is 42.7 Å². The standard InChI is InChI=1S/C18H16Cl2N4/c1-11-3-2-4-13(7-11)17-9-16(23-18-21-10-22-24(17)18)12-5-6-14(19)15(20)8-12/h2-8,10,16-17H,9H2,1H3,(H,21,22,23)/t16-,17-/m1/s1. The SMILES string of the molecule is Cc1cccc([C@H]2C[C@H](c3ccc(Cl)c(Cl)c3)Nc3ncnn32)c1. The first-order valence-corrected chi connectivity index (χ1v) is 8.55. The number of hydrogen-bond acceptors (Lipinski definition) is 3. The van der Waals surface area contributed by atoms with Gasteiger partial charge >= 0.3 is 0 Å². The number of rotatable bonds is 2. The average Bonchev–Trinajstić information content (AvgIpc) is 3.05. The molecule has 1 aliphatic rings. The first-order valence-electron chi connectivity index (χ1n) is 7.79. The van der Waals surface area contributed by atoms with Gasteiger partial charge in [0.25, 0.3) is 0 Å². The molecular weight excluding hydrogens is 343 g/mol. The molecule has 24 heavy (non-hydrogen) atoms. The fourth-order valence-corrected chi connectivity index (χ4v) is 3.53. The van der Waals surface area contributed by atoms with E-state index < -0.39 is 0 Å². The van der Waals surface area contributed by atoms with Gasteiger partial charge in [0.2, 0.25) is 5.95 Å². The molecule has 1 N–H and O–H groups in total. The van der Waals surface area contributed by atoms with Gasteiger partial charge in [0.15, 0.2) is 0 Å². The first-order chi connectivity index (χ1) is 11.6. The molecule has 0 fully saturated rings. The van der Waals surface area contributed by atoms with Gasteiger partial charge in [-0.2, -0.15) is 10.1 Å². The van der Waals surface area contributed by atoms with E-state index >= 15 is 0 Å². The highest BCUT2D eigenvalue weighted by atomic mass is 35.5. The highest BCUT2D eigenvalue weighted by Crippen LogP contribution is 2.38. The van der Waals surface area contributed by atoms with Gasteiger partial charge in [-0.05, 0) is 36.6 Å². The lowest BCUT2D eigenvalue weighted by atomic mass is 9.93. The van der Waals surface area contributed by atoms with Crippen LogP contribution in [0.5, 0.6) is 0 Å². The number of aromatic nitrogens is 3. The smallest absolute Gasteiger partial charge is 0.222 e. The van der Waals surface area contributed by atoms with Crippen molar-refractivity contribution in [2.24, 2.45) is 0 Å². The second kappa shape index (κ2) is 6.11. The Kier molecular flexibility index (Phi) is 3.94. The Hall–Kier alpha value is -2.04. The summed E-state index contributed by atoms with van der Waals surface area (Å²) in [5.74, 6) is 0.767. The molecule has 0 unspecified atom stereocenters. The molecule has 0 bridgehead atoms. The molecule has 1 aliphatic heterocycles. The summed E-state index contributed by atoms with van der Waals surface area (Å²) in [6.07, 6.45) is 2.44. The number of anilines is 1. The lowest BCUT2D eigenvalue weighted by molar-refractivity contribution is 0.430. The summed E-state index contributed by atoms with van der Waals surface area (Å²) >= 11 is 12.2. The molecule has 4 rings (SSSR count). The summed E-state index contributed by atoms with van der Waals surface area (Å²) in [7, 11) is 0. The van der Waals surface area contributed by atoms with Crippen LogP contribution in [0.15, 0.2) is 48.8 Å². The molecule has 0 radical (unpaired) electrons. The van der Waals surface area contributed by atoms with Crippen LogP contribution in [0.3, 0.4) is 0 Å². The zero-order valence-electron chi connectivity index (χ0n) is 13.1. The van der Waals surface area contributed by atoms with Crippen molar-refractivity contribution in [1.29, 1.82) is 0 Å². The summed E-state index contributed by atoms with van der Waals surface area (Å²) in [5.41, 5.74) is 3.56. The number of nitrogens with zero attached hydrogens (tertiary/aromatic N) is 3. The molecular formula is C18H16Cl2N4. The summed E-state index contributed by atoms with van der Waals surface area (Å²) in [6.45, 7) is 2.10. The predicted octanol–water partition coefficient (Wildman–Crippen LogP) is 5.04. The molecule has 2 aromatic carbocycles. The Balaban J connectivity index is 1.74. The molecule has 2 heterocycles. The van der Waals surface area contributed by atoms with Crippen molar-refractivity contribution in [3.8, 4) is 0 Å². The molecule has 0 saturated carbocycles. The predicted molar refractivity (Wildman–Crippen MR) is 96.8 cm³/mol. The van der Waals surface area contributed by atoms with E-state index in [0.29, 0.717) is 10.0 Å². The third kappa shape index (κ3) is 2.76. The van der Waals surface area contributed by atoms with Crippen LogP contribution in [0.4, 0.5) is 5.95 Å². The van der Waals surface area contributed by atoms with Crippen molar-refractivity contribution >= 4 is 29.2 Å². The number of hydrogen-bond donors (Lipinski definition) is 1. The lowest BCUT2D eigenvalue weighted by Crippen LogP contribution is -2.28. The molecule has 0 amide bonds. The maximum absolute atomic E-state index is 6.19. The lowest BCUT2D eigenvalue weighted by Gasteiger charge is -2.32. The van der Waals surface area contributed by atoms with E-state index in [-0.39, 0.29) is 12.1 Å². The Morgan fingerprint density at radius 1 is 1.08 bits per heavy atom. The minimum absolute atomic E-state index is 0.0991. The van der Waals surface area contributed by atoms with E-state index in [4.69, 9.17) is 23.2 Å². The number of nitrogens with one attached hydrogen (secondary N) is 1. The van der Waals surface area contributed by atoms with E-state index in [1.54, 1.807) is 6.33 Å². The quantitative estimate of drug-likeness (QED) is 0.697. The van der Waals surface area contributed by atoms with Crippen molar-refractivity contribution in [1.82, 2.24) is 14.8 Å². The van der Waals surface area contributed by atoms with Crippen LogP contribution in [0.1, 0.15) is 35.2 Å². The van der Waals surface area contributed by atoms with Crippen molar-refractivity contribution in [2.75, 3.05) is 5.32 Å². The molecule has 2 atom stereocenters. The van der Waals surface area contributed by atoms with E-state index in [9.17, 15) is 0 Å². The third-order valence-electron chi connectivity index (χ3n) is 4.40. The van der Waals surface area contributed by atoms with Gasteiger partial charge < -0.3 is 5.32 Å². The summed E-state index contributed by atoms with van der Waals surface area (Å²) in [5, 5.41) is 8.97. The highest BCUT2D eigenvalue weighted by Gasteiger charge is 2.30. The van der Waals surface area contributed by atoms with Crippen LogP contribution in [0, 0.1) is 6.92 Å². The Labute approximate surface area is 150 Å². The third-order valence-corrected chi connectivity index (χ3v) is 5.14. The fourth-order valence-electron chi connectivity index (χ4n) is 3.22. The first kappa shape index (κ1) is 15.5. The van der Waals surface area contributed by atoms with Crippen LogP contribution in [0.25, 0.3) is 0 Å². The Morgan fingerprint density at radius 2 is 1.96 bits per heavy atom. The number of aryl methyl sites for hydroxylation is 1. The summed E-state index contributed by atoms with van der Waals surface area (Å²) in [4.78, 5) is 4.35. The van der Waals surface area contributed by atoms with Crippen molar-refractivity contribution in [3.05, 3.63) is 75.5 Å². The Bertz CT molecular complexity index is 890. The van der Waals surface area contributed by atoms with Gasteiger partial charge in [0.05, 0.1) is 22.1 Å². The van der Waals surface area contributed by atoms with Crippen molar-refractivity contribution in [3.63, 3.8) is 0 Å². The zero-order chi connectivity index (χ0) is 16.7. The fraction of sp³-hybridized carbons (Fsp3) is 0.222. The summed E-state index contributed by atoms with van der Waals surface area (Å²) in [6, 6.07) is 14.5. The minimum Gasteiger partial charge on any atom is -0.348 e. The molecule has 0 spiro atoms. The second-order valence-corrected chi connectivity index (χ2v) is 6.88. The van der Waals surface area contributed by atoms with Gasteiger partial charge in [-0.3, -0.25) is 0 Å². The van der Waals surface area contributed by atoms with Gasteiger partial charge in [0.1, 0.15) is 6.33 Å². The van der Waals surface area contributed by atoms with Crippen LogP contribution in [-0.4, -0.2) is 14.8 Å². The molecule has 1 aromatic heterocycles. The minimum atomic E-state index is 0.0991. The van der Waals surface area contributed by atoms with Crippen LogP contribution < -0.4 is 5.32 Å². The van der Waals surface area contributed by atoms with Gasteiger partial charge in [-0.15, -0.1) is 0 Å². The molecule has 6 heteroatoms. The van der Waals surface area contributed by atoms with Gasteiger partial charge in [-0.25, -0.2) is 4.68 Å². The van der Waals surface area contributed by atoms with E-state index in [1.165, 1.54) is 11.1 Å². The summed E-state index contributed by atoms with van der Waals surface area (Å²) < 4.78 is 1.95. The second-order valence-electron chi connectivity index (χ2n) is 6.06. The number of fused-ring (bicyclic) bond motifs is 1. The average molecular weight is 359 g/mol. The largest absolute Gasteiger partial charge is 0.348 e. The van der Waals surface area contributed by atoms with E-state index in [2.05, 4.69) is 46.6 Å². The van der Waals surface area contributed by atoms with E-state index in [0.717, 1.165) is 17.9 Å². The normalized spacial score (nSPS) is 19.6. The van der Waals surface area contributed by atoms with E-state index in [1.807, 2.05) is 22.9 Å². The maximum atomic E-state index is 6.19. The maximum Gasteiger partial charge on any atom is 0.222 e. The van der Waals surface area contributed by atoms with Gasteiger partial charge in [0, 0.05) is 0 Å². The monoisotopic (exact) mass is 358 g/mol. The molecule has 4 nitrogen and oxygen atoms in total. The molecule has 0 aliphatic carbocycles. The number of halogens is 2. The number of benzene rings is 2. The highest BCUT2D eigenvalue weighted by molar-refractivity contribution is 6.42. The molecule has 0 saturated heterocycles.